The first-order chi connectivity index (χ1) is 12.9. The Morgan fingerprint density at radius 3 is 2.22 bits per heavy atom. The van der Waals surface area contributed by atoms with Gasteiger partial charge in [-0.3, -0.25) is 0 Å². The van der Waals surface area contributed by atoms with Crippen LogP contribution in [0.5, 0.6) is 0 Å². The molecule has 0 spiro atoms. The van der Waals surface area contributed by atoms with Gasteiger partial charge in [0.1, 0.15) is 34.5 Å². The molecule has 140 valence electrons. The lowest BCUT2D eigenvalue weighted by atomic mass is 10.1. The predicted molar refractivity (Wildman–Crippen MR) is 93.2 cm³/mol. The maximum absolute atomic E-state index is 14.3. The molecule has 0 aliphatic heterocycles. The molecule has 0 atom stereocenters. The summed E-state index contributed by atoms with van der Waals surface area (Å²) in [6.07, 6.45) is 0. The summed E-state index contributed by atoms with van der Waals surface area (Å²) in [6.45, 7) is 1.18. The molecule has 0 saturated carbocycles. The highest BCUT2D eigenvalue weighted by molar-refractivity contribution is 7.21. The van der Waals surface area contributed by atoms with Crippen LogP contribution in [-0.4, -0.2) is 18.5 Å². The van der Waals surface area contributed by atoms with Gasteiger partial charge in [-0.15, -0.1) is 11.3 Å². The molecule has 1 aromatic heterocycles. The fraction of sp³-hybridized carbons (Fsp3) is 0.158. The number of ether oxygens (including phenoxy) is 2. The van der Waals surface area contributed by atoms with Gasteiger partial charge >= 0.3 is 11.9 Å². The molecule has 2 aromatic carbocycles. The Labute approximate surface area is 156 Å². The van der Waals surface area contributed by atoms with Crippen LogP contribution >= 0.6 is 11.3 Å². The van der Waals surface area contributed by atoms with Crippen LogP contribution in [0, 0.1) is 17.5 Å². The third kappa shape index (κ3) is 3.66. The highest BCUT2D eigenvalue weighted by Gasteiger charge is 2.24. The zero-order valence-corrected chi connectivity index (χ0v) is 14.9. The lowest BCUT2D eigenvalue weighted by Crippen LogP contribution is -2.12. The first-order valence-electron chi connectivity index (χ1n) is 7.92. The van der Waals surface area contributed by atoms with Crippen LogP contribution < -0.4 is 0 Å². The van der Waals surface area contributed by atoms with Crippen LogP contribution in [0.15, 0.2) is 36.4 Å². The van der Waals surface area contributed by atoms with Gasteiger partial charge in [0, 0.05) is 15.6 Å². The molecule has 3 aromatic rings. The number of hydrogen-bond donors (Lipinski definition) is 0. The third-order valence-corrected chi connectivity index (χ3v) is 4.92. The Balaban J connectivity index is 1.97. The summed E-state index contributed by atoms with van der Waals surface area (Å²) < 4.78 is 52.1. The number of hydrogen-bond acceptors (Lipinski definition) is 5. The van der Waals surface area contributed by atoms with E-state index in [9.17, 15) is 22.8 Å². The Bertz CT molecular complexity index is 1010. The van der Waals surface area contributed by atoms with E-state index >= 15 is 0 Å². The van der Waals surface area contributed by atoms with Gasteiger partial charge in [-0.05, 0) is 31.2 Å². The average molecular weight is 394 g/mol. The van der Waals surface area contributed by atoms with Crippen LogP contribution in [-0.2, 0) is 16.1 Å². The largest absolute Gasteiger partial charge is 0.462 e. The number of carbonyl (C=O) groups is 2. The molecule has 0 saturated heterocycles. The molecule has 0 fully saturated rings. The fourth-order valence-electron chi connectivity index (χ4n) is 2.57. The molecule has 0 aliphatic rings. The number of rotatable bonds is 5. The maximum Gasteiger partial charge on any atom is 0.348 e. The van der Waals surface area contributed by atoms with Gasteiger partial charge in [0.15, 0.2) is 0 Å². The molecule has 0 unspecified atom stereocenters. The normalized spacial score (nSPS) is 10.8. The second-order valence-corrected chi connectivity index (χ2v) is 6.47. The number of halogens is 3. The second-order valence-electron chi connectivity index (χ2n) is 5.42. The molecular weight excluding hydrogens is 381 g/mol. The van der Waals surface area contributed by atoms with Crippen molar-refractivity contribution in [2.45, 2.75) is 13.5 Å². The summed E-state index contributed by atoms with van der Waals surface area (Å²) in [5.41, 5.74) is -0.758. The Hall–Kier alpha value is -2.87. The van der Waals surface area contributed by atoms with Crippen molar-refractivity contribution in [1.29, 1.82) is 0 Å². The number of carbonyl (C=O) groups excluding carboxylic acids is 2. The lowest BCUT2D eigenvalue weighted by molar-refractivity contribution is 0.0445. The van der Waals surface area contributed by atoms with Gasteiger partial charge < -0.3 is 9.47 Å². The van der Waals surface area contributed by atoms with E-state index in [1.165, 1.54) is 12.1 Å². The van der Waals surface area contributed by atoms with E-state index in [1.807, 2.05) is 0 Å². The van der Waals surface area contributed by atoms with Crippen LogP contribution in [0.4, 0.5) is 13.2 Å². The van der Waals surface area contributed by atoms with Crippen LogP contribution in [0.3, 0.4) is 0 Å². The summed E-state index contributed by atoms with van der Waals surface area (Å²) in [7, 11) is 0. The van der Waals surface area contributed by atoms with E-state index in [0.29, 0.717) is 4.70 Å². The summed E-state index contributed by atoms with van der Waals surface area (Å²) in [5, 5.41) is 0.104. The first-order valence-corrected chi connectivity index (χ1v) is 8.73. The van der Waals surface area contributed by atoms with Gasteiger partial charge in [-0.1, -0.05) is 12.1 Å². The molecule has 0 aliphatic carbocycles. The van der Waals surface area contributed by atoms with Crippen LogP contribution in [0.2, 0.25) is 0 Å². The Morgan fingerprint density at radius 2 is 1.56 bits per heavy atom. The summed E-state index contributed by atoms with van der Waals surface area (Å²) in [5.74, 6) is -4.71. The minimum atomic E-state index is -1.25. The van der Waals surface area contributed by atoms with Gasteiger partial charge in [-0.25, -0.2) is 22.8 Å². The molecule has 0 radical (unpaired) electrons. The summed E-state index contributed by atoms with van der Waals surface area (Å²) in [6, 6.07) is 7.24. The molecule has 1 heterocycles. The molecule has 27 heavy (non-hydrogen) atoms. The quantitative estimate of drug-likeness (QED) is 0.581. The number of esters is 2. The molecule has 0 bridgehead atoms. The van der Waals surface area contributed by atoms with E-state index in [1.54, 1.807) is 13.0 Å². The number of fused-ring (bicyclic) bond motifs is 1. The number of benzene rings is 2. The van der Waals surface area contributed by atoms with Crippen molar-refractivity contribution in [2.24, 2.45) is 0 Å². The van der Waals surface area contributed by atoms with E-state index in [4.69, 9.17) is 9.47 Å². The van der Waals surface area contributed by atoms with Crippen LogP contribution in [0.25, 0.3) is 10.1 Å². The average Bonchev–Trinajstić information content (AvgIpc) is 3.00. The van der Waals surface area contributed by atoms with Crippen molar-refractivity contribution in [1.82, 2.24) is 0 Å². The SMILES string of the molecule is CCOC(=O)c1sc2cccc(F)c2c1COC(=O)c1c(F)cccc1F. The van der Waals surface area contributed by atoms with Crippen molar-refractivity contribution >= 4 is 33.4 Å². The minimum Gasteiger partial charge on any atom is -0.462 e. The van der Waals surface area contributed by atoms with Gasteiger partial charge in [0.25, 0.3) is 0 Å². The maximum atomic E-state index is 14.3. The first kappa shape index (κ1) is 18.9. The molecule has 8 heteroatoms. The molecule has 4 nitrogen and oxygen atoms in total. The van der Waals surface area contributed by atoms with Gasteiger partial charge in [0.05, 0.1) is 6.61 Å². The highest BCUT2D eigenvalue weighted by atomic mass is 32.1. The minimum absolute atomic E-state index is 0.0683. The van der Waals surface area contributed by atoms with Gasteiger partial charge in [-0.2, -0.15) is 0 Å². The van der Waals surface area contributed by atoms with Crippen molar-refractivity contribution < 1.29 is 32.2 Å². The fourth-order valence-corrected chi connectivity index (χ4v) is 3.69. The monoisotopic (exact) mass is 394 g/mol. The van der Waals surface area contributed by atoms with Crippen molar-refractivity contribution in [3.05, 3.63) is 69.9 Å². The van der Waals surface area contributed by atoms with Gasteiger partial charge in [0.2, 0.25) is 0 Å². The molecular formula is C19H13F3O4S. The molecule has 0 amide bonds. The topological polar surface area (TPSA) is 52.6 Å². The standard InChI is InChI=1S/C19H13F3O4S/c1-2-25-19(24)17-10(15-11(20)7-4-8-14(15)27-17)9-26-18(23)16-12(21)5-3-6-13(16)22/h3-8H,2,9H2,1H3. The third-order valence-electron chi connectivity index (χ3n) is 3.74. The molecule has 3 rings (SSSR count). The van der Waals surface area contributed by atoms with Crippen molar-refractivity contribution in [3.63, 3.8) is 0 Å². The Morgan fingerprint density at radius 1 is 0.926 bits per heavy atom. The van der Waals surface area contributed by atoms with E-state index in [2.05, 4.69) is 0 Å². The predicted octanol–water partition coefficient (Wildman–Crippen LogP) is 4.85. The smallest absolute Gasteiger partial charge is 0.348 e. The summed E-state index contributed by atoms with van der Waals surface area (Å²) in [4.78, 5) is 24.3. The van der Waals surface area contributed by atoms with Crippen molar-refractivity contribution in [2.75, 3.05) is 6.61 Å². The highest BCUT2D eigenvalue weighted by Crippen LogP contribution is 2.34. The lowest BCUT2D eigenvalue weighted by Gasteiger charge is -2.08. The zero-order valence-electron chi connectivity index (χ0n) is 14.1. The van der Waals surface area contributed by atoms with E-state index in [-0.39, 0.29) is 22.4 Å². The zero-order chi connectivity index (χ0) is 19.6. The summed E-state index contributed by atoms with van der Waals surface area (Å²) >= 11 is 0.986. The number of thiophene rings is 1. The van der Waals surface area contributed by atoms with E-state index < -0.39 is 41.6 Å². The molecule has 0 N–H and O–H groups in total. The van der Waals surface area contributed by atoms with Crippen LogP contribution in [0.1, 0.15) is 32.5 Å². The Kier molecular flexibility index (Phi) is 5.46. The second kappa shape index (κ2) is 7.79. The van der Waals surface area contributed by atoms with Crippen molar-refractivity contribution in [3.8, 4) is 0 Å². The van der Waals surface area contributed by atoms with E-state index in [0.717, 1.165) is 29.5 Å².